The first-order valence-electron chi connectivity index (χ1n) is 9.43. The van der Waals surface area contributed by atoms with Crippen LogP contribution in [-0.4, -0.2) is 55.1 Å². The van der Waals surface area contributed by atoms with Crippen molar-refractivity contribution in [3.8, 4) is 0 Å². The third kappa shape index (κ3) is 5.56. The summed E-state index contributed by atoms with van der Waals surface area (Å²) in [5, 5.41) is 9.81. The van der Waals surface area contributed by atoms with Crippen molar-refractivity contribution in [1.82, 2.24) is 0 Å². The number of esters is 1. The van der Waals surface area contributed by atoms with Crippen LogP contribution in [0.4, 0.5) is 26.3 Å². The van der Waals surface area contributed by atoms with Crippen molar-refractivity contribution in [3.05, 3.63) is 0 Å². The number of hydrogen-bond acceptors (Lipinski definition) is 5. The molecule has 1 N–H and O–H groups in total. The Morgan fingerprint density at radius 3 is 1.86 bits per heavy atom. The number of alkyl halides is 6. The predicted octanol–water partition coefficient (Wildman–Crippen LogP) is 3.55. The van der Waals surface area contributed by atoms with Crippen molar-refractivity contribution in [2.45, 2.75) is 75.4 Å². The van der Waals surface area contributed by atoms with Crippen LogP contribution in [0.1, 0.15) is 51.4 Å². The van der Waals surface area contributed by atoms with Gasteiger partial charge in [-0.15, -0.1) is 0 Å². The van der Waals surface area contributed by atoms with Gasteiger partial charge in [0.1, 0.15) is 9.84 Å². The average molecular weight is 454 g/mol. The summed E-state index contributed by atoms with van der Waals surface area (Å²) in [6, 6.07) is 0. The zero-order valence-corrected chi connectivity index (χ0v) is 16.4. The molecule has 0 aromatic rings. The first-order valence-corrected chi connectivity index (χ1v) is 11.3. The molecule has 0 spiro atoms. The third-order valence-corrected chi connectivity index (χ3v) is 7.46. The molecule has 5 nitrogen and oxygen atoms in total. The number of halogens is 6. The van der Waals surface area contributed by atoms with Crippen LogP contribution < -0.4 is 0 Å². The molecule has 2 aliphatic rings. The Morgan fingerprint density at radius 1 is 0.931 bits per heavy atom. The zero-order valence-electron chi connectivity index (χ0n) is 15.6. The summed E-state index contributed by atoms with van der Waals surface area (Å²) in [4.78, 5) is 12.2. The van der Waals surface area contributed by atoms with Gasteiger partial charge in [0.15, 0.2) is 6.10 Å². The van der Waals surface area contributed by atoms with Gasteiger partial charge in [0, 0.05) is 6.42 Å². The van der Waals surface area contributed by atoms with Crippen molar-refractivity contribution in [3.63, 3.8) is 0 Å². The predicted molar refractivity (Wildman–Crippen MR) is 89.5 cm³/mol. The molecule has 0 aromatic heterocycles. The second-order valence-corrected chi connectivity index (χ2v) is 10.2. The van der Waals surface area contributed by atoms with Crippen LogP contribution in [0.2, 0.25) is 0 Å². The Labute approximate surface area is 164 Å². The number of rotatable bonds is 5. The fourth-order valence-corrected chi connectivity index (χ4v) is 5.60. The van der Waals surface area contributed by atoms with E-state index >= 15 is 0 Å². The molecule has 1 heterocycles. The van der Waals surface area contributed by atoms with Crippen LogP contribution in [0.5, 0.6) is 0 Å². The monoisotopic (exact) mass is 454 g/mol. The lowest BCUT2D eigenvalue weighted by atomic mass is 9.77. The van der Waals surface area contributed by atoms with Crippen molar-refractivity contribution in [2.24, 2.45) is 11.8 Å². The molecule has 29 heavy (non-hydrogen) atoms. The second kappa shape index (κ2) is 8.60. The van der Waals surface area contributed by atoms with E-state index in [0.717, 1.165) is 0 Å². The lowest BCUT2D eigenvalue weighted by Gasteiger charge is -2.42. The van der Waals surface area contributed by atoms with Crippen LogP contribution in [0.3, 0.4) is 0 Å². The highest BCUT2D eigenvalue weighted by Gasteiger charge is 2.76. The van der Waals surface area contributed by atoms with Crippen LogP contribution >= 0.6 is 0 Å². The Bertz CT molecular complexity index is 653. The smallest absolute Gasteiger partial charge is 0.430 e. The van der Waals surface area contributed by atoms with E-state index in [-0.39, 0.29) is 37.2 Å². The third-order valence-electron chi connectivity index (χ3n) is 5.74. The summed E-state index contributed by atoms with van der Waals surface area (Å²) >= 11 is 0. The van der Waals surface area contributed by atoms with Crippen molar-refractivity contribution < 1.29 is 49.4 Å². The van der Waals surface area contributed by atoms with E-state index in [1.165, 1.54) is 0 Å². The van der Waals surface area contributed by atoms with Gasteiger partial charge in [-0.1, -0.05) is 19.3 Å². The SMILES string of the molecule is O=C(CC1CCS(=O)(=O)CC1)OC(C1CCCCC1)C(O)(C(F)(F)F)C(F)(F)F. The number of aliphatic hydroxyl groups is 1. The maximum absolute atomic E-state index is 13.4. The van der Waals surface area contributed by atoms with E-state index in [4.69, 9.17) is 0 Å². The number of ether oxygens (including phenoxy) is 1. The Morgan fingerprint density at radius 2 is 1.41 bits per heavy atom. The van der Waals surface area contributed by atoms with E-state index in [1.54, 1.807) is 0 Å². The molecule has 1 saturated heterocycles. The van der Waals surface area contributed by atoms with Gasteiger partial charge in [-0.25, -0.2) is 8.42 Å². The molecular formula is C17H24F6O5S. The summed E-state index contributed by atoms with van der Waals surface area (Å²) in [7, 11) is -3.24. The van der Waals surface area contributed by atoms with E-state index in [2.05, 4.69) is 4.74 Å². The molecule has 2 fully saturated rings. The molecule has 0 aromatic carbocycles. The van der Waals surface area contributed by atoms with E-state index in [9.17, 15) is 44.7 Å². The number of hydrogen-bond donors (Lipinski definition) is 1. The summed E-state index contributed by atoms with van der Waals surface area (Å²) < 4.78 is 108. The van der Waals surface area contributed by atoms with Gasteiger partial charge in [-0.3, -0.25) is 4.79 Å². The van der Waals surface area contributed by atoms with Gasteiger partial charge >= 0.3 is 18.3 Å². The zero-order chi connectivity index (χ0) is 22.1. The van der Waals surface area contributed by atoms with Gasteiger partial charge in [0.25, 0.3) is 5.60 Å². The largest absolute Gasteiger partial charge is 0.458 e. The van der Waals surface area contributed by atoms with Gasteiger partial charge in [-0.2, -0.15) is 26.3 Å². The molecule has 0 amide bonds. The molecule has 12 heteroatoms. The van der Waals surface area contributed by atoms with Crippen LogP contribution in [-0.2, 0) is 19.4 Å². The molecule has 170 valence electrons. The molecule has 1 saturated carbocycles. The first kappa shape index (κ1) is 24.2. The summed E-state index contributed by atoms with van der Waals surface area (Å²) in [6.45, 7) is 0. The highest BCUT2D eigenvalue weighted by atomic mass is 32.2. The van der Waals surface area contributed by atoms with Gasteiger partial charge < -0.3 is 9.84 Å². The lowest BCUT2D eigenvalue weighted by molar-refractivity contribution is -0.396. The highest BCUT2D eigenvalue weighted by Crippen LogP contribution is 2.50. The number of carbonyl (C=O) groups is 1. The summed E-state index contributed by atoms with van der Waals surface area (Å²) in [5.41, 5.74) is -5.17. The van der Waals surface area contributed by atoms with Crippen molar-refractivity contribution in [2.75, 3.05) is 11.5 Å². The molecule has 0 radical (unpaired) electrons. The average Bonchev–Trinajstić information content (AvgIpc) is 2.60. The summed E-state index contributed by atoms with van der Waals surface area (Å²) in [5.74, 6) is -3.50. The van der Waals surface area contributed by atoms with Gasteiger partial charge in [-0.05, 0) is 37.5 Å². The van der Waals surface area contributed by atoms with Crippen LogP contribution in [0, 0.1) is 11.8 Å². The Hall–Kier alpha value is -1.04. The topological polar surface area (TPSA) is 80.7 Å². The fourth-order valence-electron chi connectivity index (χ4n) is 4.01. The summed E-state index contributed by atoms with van der Waals surface area (Å²) in [6.07, 6.45) is -14.0. The van der Waals surface area contributed by atoms with E-state index < -0.39 is 58.1 Å². The first-order chi connectivity index (χ1) is 13.2. The number of sulfone groups is 1. The minimum Gasteiger partial charge on any atom is -0.458 e. The Balaban J connectivity index is 2.23. The molecule has 1 unspecified atom stereocenters. The lowest BCUT2D eigenvalue weighted by Crippen LogP contribution is -2.67. The van der Waals surface area contributed by atoms with E-state index in [0.29, 0.717) is 19.3 Å². The normalized spacial score (nSPS) is 23.6. The van der Waals surface area contributed by atoms with Crippen LogP contribution in [0.15, 0.2) is 0 Å². The quantitative estimate of drug-likeness (QED) is 0.508. The second-order valence-electron chi connectivity index (χ2n) is 7.87. The molecule has 1 aliphatic carbocycles. The fraction of sp³-hybridized carbons (Fsp3) is 0.941. The minimum absolute atomic E-state index is 0.0336. The minimum atomic E-state index is -6.09. The Kier molecular flexibility index (Phi) is 7.19. The van der Waals surface area contributed by atoms with Gasteiger partial charge in [0.05, 0.1) is 11.5 Å². The van der Waals surface area contributed by atoms with Crippen molar-refractivity contribution in [1.29, 1.82) is 0 Å². The standard InChI is InChI=1S/C17H24F6O5S/c18-16(19,20)15(25,17(21,22)23)14(12-4-2-1-3-5-12)28-13(24)10-11-6-8-29(26,27)9-7-11/h11-12,14,25H,1-10H2. The maximum atomic E-state index is 13.4. The molecule has 1 atom stereocenters. The van der Waals surface area contributed by atoms with Gasteiger partial charge in [0.2, 0.25) is 0 Å². The number of carbonyl (C=O) groups excluding carboxylic acids is 1. The highest BCUT2D eigenvalue weighted by molar-refractivity contribution is 7.91. The maximum Gasteiger partial charge on any atom is 0.430 e. The molecule has 2 rings (SSSR count). The van der Waals surface area contributed by atoms with Crippen molar-refractivity contribution >= 4 is 15.8 Å². The van der Waals surface area contributed by atoms with E-state index in [1.807, 2.05) is 0 Å². The molecular weight excluding hydrogens is 430 g/mol. The molecule has 0 bridgehead atoms. The molecule has 1 aliphatic heterocycles. The van der Waals surface area contributed by atoms with Crippen LogP contribution in [0.25, 0.3) is 0 Å².